The zero-order valence-corrected chi connectivity index (χ0v) is 22.3. The minimum Gasteiger partial charge on any atom is -0.444 e. The smallest absolute Gasteiger partial charge is 0.407 e. The first-order valence-electron chi connectivity index (χ1n) is 13.0. The van der Waals surface area contributed by atoms with Gasteiger partial charge in [0.2, 0.25) is 5.95 Å². The Morgan fingerprint density at radius 2 is 2.00 bits per heavy atom. The Morgan fingerprint density at radius 1 is 1.23 bits per heavy atom. The van der Waals surface area contributed by atoms with Crippen molar-refractivity contribution in [1.82, 2.24) is 24.8 Å². The molecule has 0 radical (unpaired) electrons. The third-order valence-corrected chi connectivity index (χ3v) is 6.65. The Kier molecular flexibility index (Phi) is 7.07. The molecule has 10 heteroatoms. The van der Waals surface area contributed by atoms with Crippen LogP contribution in [0.3, 0.4) is 0 Å². The summed E-state index contributed by atoms with van der Waals surface area (Å²) in [5, 5.41) is 12.6. The first kappa shape index (κ1) is 26.0. The zero-order chi connectivity index (χ0) is 27.6. The Labute approximate surface area is 226 Å². The van der Waals surface area contributed by atoms with Gasteiger partial charge in [-0.2, -0.15) is 5.26 Å². The van der Waals surface area contributed by atoms with Gasteiger partial charge in [-0.1, -0.05) is 18.2 Å². The molecule has 0 spiro atoms. The Hall–Kier alpha value is -4.65. The molecule has 1 amide bonds. The highest BCUT2D eigenvalue weighted by molar-refractivity contribution is 5.92. The highest BCUT2D eigenvalue weighted by atomic mass is 16.6. The first-order chi connectivity index (χ1) is 18.7. The second-order valence-corrected chi connectivity index (χ2v) is 10.7. The monoisotopic (exact) mass is 525 g/mol. The lowest BCUT2D eigenvalue weighted by atomic mass is 10.1. The van der Waals surface area contributed by atoms with E-state index in [-0.39, 0.29) is 18.1 Å². The largest absolute Gasteiger partial charge is 0.444 e. The number of amides is 1. The number of ether oxygens (including phenoxy) is 1. The summed E-state index contributed by atoms with van der Waals surface area (Å²) in [6.45, 7) is 6.80. The summed E-state index contributed by atoms with van der Waals surface area (Å²) < 4.78 is 7.07. The number of rotatable bonds is 5. The van der Waals surface area contributed by atoms with Gasteiger partial charge in [0, 0.05) is 43.3 Å². The number of alkyl carbamates (subject to hydrolysis) is 1. The lowest BCUT2D eigenvalue weighted by Crippen LogP contribution is -2.50. The van der Waals surface area contributed by atoms with Crippen LogP contribution >= 0.6 is 0 Å². The highest BCUT2D eigenvalue weighted by Crippen LogP contribution is 2.28. The van der Waals surface area contributed by atoms with Crippen LogP contribution in [-0.2, 0) is 11.3 Å². The third kappa shape index (κ3) is 5.62. The lowest BCUT2D eigenvalue weighted by molar-refractivity contribution is 0.0499. The lowest BCUT2D eigenvalue weighted by Gasteiger charge is -2.35. The number of pyridine rings is 1. The number of nitrogens with one attached hydrogen (secondary N) is 2. The van der Waals surface area contributed by atoms with Crippen LogP contribution in [0.2, 0.25) is 0 Å². The second-order valence-electron chi connectivity index (χ2n) is 10.7. The minimum atomic E-state index is -0.600. The van der Waals surface area contributed by atoms with E-state index in [1.807, 2.05) is 49.9 Å². The topological polar surface area (TPSA) is 129 Å². The number of carbonyl (C=O) groups is 1. The van der Waals surface area contributed by atoms with Crippen LogP contribution in [0, 0.1) is 11.3 Å². The van der Waals surface area contributed by atoms with Crippen LogP contribution in [-0.4, -0.2) is 50.3 Å². The fourth-order valence-electron chi connectivity index (χ4n) is 4.90. The average molecular weight is 526 g/mol. The molecule has 0 aliphatic carbocycles. The molecule has 1 aliphatic heterocycles. The van der Waals surface area contributed by atoms with E-state index in [4.69, 9.17) is 9.72 Å². The van der Waals surface area contributed by atoms with Crippen LogP contribution in [0.4, 0.5) is 10.7 Å². The maximum atomic E-state index is 13.9. The van der Waals surface area contributed by atoms with E-state index < -0.39 is 11.7 Å². The van der Waals surface area contributed by atoms with Crippen molar-refractivity contribution in [2.45, 2.75) is 51.8 Å². The van der Waals surface area contributed by atoms with Crippen molar-refractivity contribution < 1.29 is 9.53 Å². The fraction of sp³-hybridized carbons (Fsp3) is 0.345. The van der Waals surface area contributed by atoms with Crippen molar-refractivity contribution >= 4 is 23.1 Å². The predicted molar refractivity (Wildman–Crippen MR) is 148 cm³/mol. The minimum absolute atomic E-state index is 0.174. The highest BCUT2D eigenvalue weighted by Gasteiger charge is 2.28. The van der Waals surface area contributed by atoms with Gasteiger partial charge < -0.3 is 19.9 Å². The average Bonchev–Trinajstić information content (AvgIpc) is 3.34. The van der Waals surface area contributed by atoms with E-state index in [1.165, 1.54) is 0 Å². The summed E-state index contributed by atoms with van der Waals surface area (Å²) in [7, 11) is 0. The number of piperidine rings is 1. The van der Waals surface area contributed by atoms with Gasteiger partial charge >= 0.3 is 6.09 Å². The Bertz CT molecular complexity index is 1600. The third-order valence-electron chi connectivity index (χ3n) is 6.65. The molecule has 0 unspecified atom stereocenters. The van der Waals surface area contributed by atoms with Crippen LogP contribution in [0.15, 0.2) is 59.8 Å². The number of nitrogens with zero attached hydrogens (tertiary/aromatic N) is 5. The Balaban J connectivity index is 1.58. The number of fused-ring (bicyclic) bond motifs is 1. The number of anilines is 1. The van der Waals surface area contributed by atoms with Crippen molar-refractivity contribution in [3.05, 3.63) is 76.5 Å². The summed E-state index contributed by atoms with van der Waals surface area (Å²) in [5.41, 5.74) is 3.05. The zero-order valence-electron chi connectivity index (χ0n) is 22.3. The summed E-state index contributed by atoms with van der Waals surface area (Å²) >= 11 is 0. The van der Waals surface area contributed by atoms with Crippen LogP contribution in [0.5, 0.6) is 0 Å². The number of hydrogen-bond acceptors (Lipinski definition) is 7. The molecule has 1 aromatic carbocycles. The quantitative estimate of drug-likeness (QED) is 0.399. The van der Waals surface area contributed by atoms with Gasteiger partial charge in [0.15, 0.2) is 0 Å². The number of H-pyrrole nitrogens is 1. The predicted octanol–water partition coefficient (Wildman–Crippen LogP) is 4.20. The van der Waals surface area contributed by atoms with Crippen molar-refractivity contribution in [2.75, 3.05) is 18.0 Å². The van der Waals surface area contributed by atoms with Crippen molar-refractivity contribution in [3.8, 4) is 17.2 Å². The SMILES string of the molecule is CC(C)(C)OC(=O)N[C@@H]1CCCN(c2nc3c(-c4ccncc4)c[nH]c3c(=O)n2Cc2ccccc2C#N)C1. The van der Waals surface area contributed by atoms with Crippen molar-refractivity contribution in [2.24, 2.45) is 0 Å². The van der Waals surface area contributed by atoms with Crippen LogP contribution in [0.25, 0.3) is 22.2 Å². The van der Waals surface area contributed by atoms with Gasteiger partial charge in [0.1, 0.15) is 16.6 Å². The van der Waals surface area contributed by atoms with Crippen LogP contribution < -0.4 is 15.8 Å². The summed E-state index contributed by atoms with van der Waals surface area (Å²) in [4.78, 5) is 40.7. The van der Waals surface area contributed by atoms with Gasteiger partial charge in [-0.3, -0.25) is 14.3 Å². The summed E-state index contributed by atoms with van der Waals surface area (Å²) in [5.74, 6) is 0.492. The molecule has 3 aromatic heterocycles. The van der Waals surface area contributed by atoms with E-state index in [9.17, 15) is 14.9 Å². The number of aromatic nitrogens is 4. The number of carbonyl (C=O) groups excluding carboxylic acids is 1. The van der Waals surface area contributed by atoms with E-state index in [2.05, 4.69) is 21.4 Å². The molecule has 5 rings (SSSR count). The molecule has 0 bridgehead atoms. The molecule has 4 aromatic rings. The maximum Gasteiger partial charge on any atom is 0.407 e. The van der Waals surface area contributed by atoms with E-state index in [0.29, 0.717) is 35.6 Å². The molecule has 1 atom stereocenters. The maximum absolute atomic E-state index is 13.9. The van der Waals surface area contributed by atoms with E-state index in [0.717, 1.165) is 29.5 Å². The standard InChI is InChI=1S/C29H31N7O3/c1-29(2,3)39-28(38)33-22-9-6-14-35(18-22)27-34-24-23(19-10-12-31-13-11-19)16-32-25(24)26(37)36(27)17-21-8-5-4-7-20(21)15-30/h4-5,7-8,10-13,16,22,32H,6,9,14,17-18H2,1-3H3,(H,33,38)/t22-/m1/s1. The Morgan fingerprint density at radius 3 is 2.74 bits per heavy atom. The number of aromatic amines is 1. The second kappa shape index (κ2) is 10.6. The van der Waals surface area contributed by atoms with Crippen molar-refractivity contribution in [3.63, 3.8) is 0 Å². The van der Waals surface area contributed by atoms with Gasteiger partial charge in [-0.05, 0) is 62.9 Å². The molecule has 1 aliphatic rings. The summed E-state index contributed by atoms with van der Waals surface area (Å²) in [6.07, 6.45) is 6.30. The molecular formula is C29H31N7O3. The molecule has 10 nitrogen and oxygen atoms in total. The number of nitriles is 1. The van der Waals surface area contributed by atoms with E-state index >= 15 is 0 Å². The molecule has 1 fully saturated rings. The van der Waals surface area contributed by atoms with Gasteiger partial charge in [-0.15, -0.1) is 0 Å². The molecule has 0 saturated carbocycles. The first-order valence-corrected chi connectivity index (χ1v) is 13.0. The molecule has 4 heterocycles. The molecule has 1 saturated heterocycles. The van der Waals surface area contributed by atoms with Gasteiger partial charge in [-0.25, -0.2) is 9.78 Å². The molecule has 2 N–H and O–H groups in total. The number of benzene rings is 1. The van der Waals surface area contributed by atoms with E-state index in [1.54, 1.807) is 35.3 Å². The van der Waals surface area contributed by atoms with Gasteiger partial charge in [0.25, 0.3) is 5.56 Å². The summed E-state index contributed by atoms with van der Waals surface area (Å²) in [6, 6.07) is 13.0. The molecule has 200 valence electrons. The normalized spacial score (nSPS) is 15.6. The fourth-order valence-corrected chi connectivity index (χ4v) is 4.90. The molecular weight excluding hydrogens is 494 g/mol. The van der Waals surface area contributed by atoms with Crippen molar-refractivity contribution in [1.29, 1.82) is 5.26 Å². The molecule has 39 heavy (non-hydrogen) atoms. The van der Waals surface area contributed by atoms with Crippen LogP contribution in [0.1, 0.15) is 44.7 Å². The number of hydrogen-bond donors (Lipinski definition) is 2. The van der Waals surface area contributed by atoms with Gasteiger partial charge in [0.05, 0.1) is 18.2 Å².